The summed E-state index contributed by atoms with van der Waals surface area (Å²) in [4.78, 5) is 0.0726. The van der Waals surface area contributed by atoms with Gasteiger partial charge in [0.2, 0.25) is 10.0 Å². The van der Waals surface area contributed by atoms with Gasteiger partial charge in [-0.3, -0.25) is 4.68 Å². The van der Waals surface area contributed by atoms with Crippen molar-refractivity contribution in [2.45, 2.75) is 11.4 Å². The van der Waals surface area contributed by atoms with Crippen LogP contribution in [0.15, 0.2) is 35.4 Å². The predicted molar refractivity (Wildman–Crippen MR) is 77.6 cm³/mol. The van der Waals surface area contributed by atoms with Crippen LogP contribution in [-0.2, 0) is 23.6 Å². The third-order valence-electron chi connectivity index (χ3n) is 2.81. The van der Waals surface area contributed by atoms with Crippen LogP contribution in [-0.4, -0.2) is 25.2 Å². The first-order valence-corrected chi connectivity index (χ1v) is 7.46. The number of hydrogen-bond acceptors (Lipinski definition) is 5. The molecule has 0 aliphatic carbocycles. The minimum atomic E-state index is -3.53. The Hall–Kier alpha value is -2.06. The molecule has 0 spiro atoms. The Kier molecular flexibility index (Phi) is 3.96. The van der Waals surface area contributed by atoms with Crippen molar-refractivity contribution in [1.82, 2.24) is 14.5 Å². The van der Waals surface area contributed by atoms with E-state index in [4.69, 9.17) is 5.73 Å². The zero-order valence-corrected chi connectivity index (χ0v) is 12.1. The highest BCUT2D eigenvalue weighted by Crippen LogP contribution is 2.22. The van der Waals surface area contributed by atoms with Crippen LogP contribution >= 0.6 is 0 Å². The zero-order valence-electron chi connectivity index (χ0n) is 11.3. The van der Waals surface area contributed by atoms with Gasteiger partial charge >= 0.3 is 0 Å². The molecule has 4 N–H and O–H groups in total. The summed E-state index contributed by atoms with van der Waals surface area (Å²) >= 11 is 0. The monoisotopic (exact) mass is 295 g/mol. The van der Waals surface area contributed by atoms with Gasteiger partial charge in [-0.25, -0.2) is 13.1 Å². The van der Waals surface area contributed by atoms with Crippen molar-refractivity contribution >= 4 is 21.4 Å². The molecule has 0 aliphatic rings. The van der Waals surface area contributed by atoms with E-state index in [1.807, 2.05) is 19.3 Å². The molecule has 1 aromatic heterocycles. The van der Waals surface area contributed by atoms with E-state index >= 15 is 0 Å². The molecular formula is C12H17N5O2S. The van der Waals surface area contributed by atoms with Crippen molar-refractivity contribution in [1.29, 1.82) is 0 Å². The van der Waals surface area contributed by atoms with Crippen molar-refractivity contribution in [3.05, 3.63) is 36.2 Å². The van der Waals surface area contributed by atoms with Gasteiger partial charge in [-0.2, -0.15) is 5.10 Å². The molecule has 0 saturated carbocycles. The Balaban J connectivity index is 2.13. The van der Waals surface area contributed by atoms with E-state index in [1.165, 1.54) is 13.1 Å². The number of nitrogens with zero attached hydrogens (tertiary/aromatic N) is 2. The standard InChI is InChI=1S/C12H17N5O2S/c1-14-20(18,19)12-4-3-9(7-11(12)13)15-8-10-5-6-17(2)16-10/h3-7,14-15H,8,13H2,1-2H3. The Morgan fingerprint density at radius 1 is 1.35 bits per heavy atom. The van der Waals surface area contributed by atoms with Gasteiger partial charge in [0.25, 0.3) is 0 Å². The fraction of sp³-hybridized carbons (Fsp3) is 0.250. The van der Waals surface area contributed by atoms with E-state index in [0.29, 0.717) is 6.54 Å². The molecule has 1 aromatic carbocycles. The van der Waals surface area contributed by atoms with Crippen LogP contribution in [0.1, 0.15) is 5.69 Å². The van der Waals surface area contributed by atoms with Crippen LogP contribution in [0, 0.1) is 0 Å². The Bertz CT molecular complexity index is 708. The van der Waals surface area contributed by atoms with Crippen LogP contribution in [0.2, 0.25) is 0 Å². The second-order valence-corrected chi connectivity index (χ2v) is 6.15. The first-order chi connectivity index (χ1) is 9.42. The number of nitrogen functional groups attached to an aromatic ring is 1. The highest BCUT2D eigenvalue weighted by molar-refractivity contribution is 7.89. The van der Waals surface area contributed by atoms with E-state index in [-0.39, 0.29) is 10.6 Å². The van der Waals surface area contributed by atoms with E-state index in [0.717, 1.165) is 11.4 Å². The first kappa shape index (κ1) is 14.4. The van der Waals surface area contributed by atoms with E-state index < -0.39 is 10.0 Å². The van der Waals surface area contributed by atoms with Gasteiger partial charge in [0.1, 0.15) is 4.90 Å². The second kappa shape index (κ2) is 5.51. The Morgan fingerprint density at radius 3 is 2.65 bits per heavy atom. The van der Waals surface area contributed by atoms with Crippen LogP contribution in [0.3, 0.4) is 0 Å². The summed E-state index contributed by atoms with van der Waals surface area (Å²) in [5, 5.41) is 7.38. The number of rotatable bonds is 5. The first-order valence-electron chi connectivity index (χ1n) is 5.98. The average Bonchev–Trinajstić information content (AvgIpc) is 2.82. The average molecular weight is 295 g/mol. The van der Waals surface area contributed by atoms with Crippen molar-refractivity contribution in [2.24, 2.45) is 7.05 Å². The smallest absolute Gasteiger partial charge is 0.242 e. The fourth-order valence-corrected chi connectivity index (χ4v) is 2.60. The summed E-state index contributed by atoms with van der Waals surface area (Å²) < 4.78 is 27.3. The van der Waals surface area contributed by atoms with Crippen LogP contribution in [0.4, 0.5) is 11.4 Å². The summed E-state index contributed by atoms with van der Waals surface area (Å²) in [5.74, 6) is 0. The Morgan fingerprint density at radius 2 is 2.10 bits per heavy atom. The van der Waals surface area contributed by atoms with Gasteiger partial charge in [-0.15, -0.1) is 0 Å². The third-order valence-corrected chi connectivity index (χ3v) is 4.30. The molecule has 0 radical (unpaired) electrons. The maximum Gasteiger partial charge on any atom is 0.242 e. The number of nitrogens with two attached hydrogens (primary N) is 1. The molecule has 8 heteroatoms. The molecule has 0 aliphatic heterocycles. The van der Waals surface area contributed by atoms with E-state index in [1.54, 1.807) is 16.8 Å². The fourth-order valence-electron chi connectivity index (χ4n) is 1.76. The summed E-state index contributed by atoms with van der Waals surface area (Å²) in [5.41, 5.74) is 7.60. The molecule has 1 heterocycles. The number of anilines is 2. The molecule has 2 aromatic rings. The lowest BCUT2D eigenvalue weighted by Crippen LogP contribution is -2.20. The summed E-state index contributed by atoms with van der Waals surface area (Å²) in [6.07, 6.45) is 1.86. The maximum atomic E-state index is 11.7. The van der Waals surface area contributed by atoms with Gasteiger partial charge < -0.3 is 11.1 Å². The normalized spacial score (nSPS) is 11.5. The SMILES string of the molecule is CNS(=O)(=O)c1ccc(NCc2ccn(C)n2)cc1N. The number of sulfonamides is 1. The summed E-state index contributed by atoms with van der Waals surface area (Å²) in [6, 6.07) is 6.63. The van der Waals surface area contributed by atoms with Crippen molar-refractivity contribution in [3.63, 3.8) is 0 Å². The molecule has 0 bridgehead atoms. The maximum absolute atomic E-state index is 11.7. The molecule has 7 nitrogen and oxygen atoms in total. The molecule has 2 rings (SSSR count). The van der Waals surface area contributed by atoms with Gasteiger partial charge in [-0.1, -0.05) is 0 Å². The lowest BCUT2D eigenvalue weighted by atomic mass is 10.2. The van der Waals surface area contributed by atoms with Crippen LogP contribution in [0.5, 0.6) is 0 Å². The molecular weight excluding hydrogens is 278 g/mol. The largest absolute Gasteiger partial charge is 0.398 e. The second-order valence-electron chi connectivity index (χ2n) is 4.29. The molecule has 0 atom stereocenters. The van der Waals surface area contributed by atoms with Gasteiger partial charge in [0.05, 0.1) is 17.9 Å². The van der Waals surface area contributed by atoms with Crippen molar-refractivity contribution in [3.8, 4) is 0 Å². The number of nitrogens with one attached hydrogen (secondary N) is 2. The quantitative estimate of drug-likeness (QED) is 0.698. The summed E-state index contributed by atoms with van der Waals surface area (Å²) in [6.45, 7) is 0.540. The van der Waals surface area contributed by atoms with Gasteiger partial charge in [0, 0.05) is 18.9 Å². The lowest BCUT2D eigenvalue weighted by molar-refractivity contribution is 0.588. The third kappa shape index (κ3) is 3.09. The van der Waals surface area contributed by atoms with Crippen molar-refractivity contribution < 1.29 is 8.42 Å². The molecule has 0 fully saturated rings. The zero-order chi connectivity index (χ0) is 14.8. The van der Waals surface area contributed by atoms with Crippen LogP contribution < -0.4 is 15.8 Å². The number of benzene rings is 1. The van der Waals surface area contributed by atoms with Gasteiger partial charge in [0.15, 0.2) is 0 Å². The molecule has 20 heavy (non-hydrogen) atoms. The minimum absolute atomic E-state index is 0.0726. The number of aromatic nitrogens is 2. The topological polar surface area (TPSA) is 102 Å². The minimum Gasteiger partial charge on any atom is -0.398 e. The molecule has 0 unspecified atom stereocenters. The lowest BCUT2D eigenvalue weighted by Gasteiger charge is -2.09. The van der Waals surface area contributed by atoms with Gasteiger partial charge in [-0.05, 0) is 31.3 Å². The highest BCUT2D eigenvalue weighted by atomic mass is 32.2. The molecule has 0 amide bonds. The highest BCUT2D eigenvalue weighted by Gasteiger charge is 2.15. The van der Waals surface area contributed by atoms with Crippen LogP contribution in [0.25, 0.3) is 0 Å². The van der Waals surface area contributed by atoms with E-state index in [2.05, 4.69) is 15.1 Å². The predicted octanol–water partition coefficient (Wildman–Crippen LogP) is 0.522. The Labute approximate surface area is 117 Å². The number of hydrogen-bond donors (Lipinski definition) is 3. The molecule has 0 saturated heterocycles. The summed E-state index contributed by atoms with van der Waals surface area (Å²) in [7, 11) is -0.333. The number of aryl methyl sites for hydroxylation is 1. The van der Waals surface area contributed by atoms with E-state index in [9.17, 15) is 8.42 Å². The molecule has 108 valence electrons. The van der Waals surface area contributed by atoms with Crippen molar-refractivity contribution in [2.75, 3.05) is 18.1 Å².